The van der Waals surface area contributed by atoms with Crippen molar-refractivity contribution in [3.63, 3.8) is 0 Å². The van der Waals surface area contributed by atoms with Crippen molar-refractivity contribution >= 4 is 23.1 Å². The van der Waals surface area contributed by atoms with Crippen LogP contribution in [-0.2, 0) is 0 Å². The smallest absolute Gasteiger partial charge is 0.171 e. The Kier molecular flexibility index (Phi) is 2.38. The van der Waals surface area contributed by atoms with Gasteiger partial charge in [-0.1, -0.05) is 6.07 Å². The minimum Gasteiger partial charge on any atom is -0.376 e. The maximum atomic E-state index is 5.39. The number of anilines is 1. The zero-order chi connectivity index (χ0) is 8.27. The van der Waals surface area contributed by atoms with E-state index in [-0.39, 0.29) is 0 Å². The number of pyridine rings is 1. The second-order valence-electron chi connectivity index (χ2n) is 2.09. The van der Waals surface area contributed by atoms with Crippen molar-refractivity contribution in [1.29, 1.82) is 0 Å². The monoisotopic (exact) mass is 167 g/mol. The molecule has 4 heteroatoms. The summed E-state index contributed by atoms with van der Waals surface area (Å²) in [6.45, 7) is 0. The van der Waals surface area contributed by atoms with Crippen LogP contribution in [0.25, 0.3) is 0 Å². The molecule has 0 aliphatic rings. The average Bonchev–Trinajstić information content (AvgIpc) is 2.05. The number of hydrogen-bond donors (Lipinski definition) is 1. The second kappa shape index (κ2) is 3.30. The summed E-state index contributed by atoms with van der Waals surface area (Å²) < 4.78 is 0. The maximum Gasteiger partial charge on any atom is 0.171 e. The lowest BCUT2D eigenvalue weighted by Crippen LogP contribution is -2.31. The molecule has 3 nitrogen and oxygen atoms in total. The Hall–Kier alpha value is -1.16. The molecule has 0 unspecified atom stereocenters. The highest BCUT2D eigenvalue weighted by Gasteiger charge is 2.01. The van der Waals surface area contributed by atoms with Gasteiger partial charge in [-0.2, -0.15) is 0 Å². The van der Waals surface area contributed by atoms with E-state index < -0.39 is 0 Å². The molecule has 1 heterocycles. The van der Waals surface area contributed by atoms with E-state index in [1.54, 1.807) is 18.1 Å². The molecule has 0 bridgehead atoms. The fourth-order valence-electron chi connectivity index (χ4n) is 0.665. The molecule has 0 aliphatic carbocycles. The molecule has 0 saturated heterocycles. The van der Waals surface area contributed by atoms with E-state index in [2.05, 4.69) is 4.98 Å². The van der Waals surface area contributed by atoms with Gasteiger partial charge in [0.2, 0.25) is 0 Å². The van der Waals surface area contributed by atoms with Crippen LogP contribution in [0.5, 0.6) is 0 Å². The fourth-order valence-corrected chi connectivity index (χ4v) is 0.759. The van der Waals surface area contributed by atoms with Crippen molar-refractivity contribution in [3.05, 3.63) is 24.4 Å². The summed E-state index contributed by atoms with van der Waals surface area (Å²) in [5.41, 5.74) is 5.39. The topological polar surface area (TPSA) is 42.1 Å². The van der Waals surface area contributed by atoms with Crippen molar-refractivity contribution < 1.29 is 0 Å². The van der Waals surface area contributed by atoms with Crippen LogP contribution in [0.15, 0.2) is 24.4 Å². The minimum absolute atomic E-state index is 0.323. The molecule has 0 spiro atoms. The van der Waals surface area contributed by atoms with Crippen molar-refractivity contribution in [1.82, 2.24) is 4.98 Å². The third kappa shape index (κ3) is 1.88. The SMILES string of the molecule is CN(C(N)=S)c1ccccn1. The van der Waals surface area contributed by atoms with Gasteiger partial charge in [-0.3, -0.25) is 0 Å². The highest BCUT2D eigenvalue weighted by molar-refractivity contribution is 7.80. The minimum atomic E-state index is 0.323. The third-order valence-corrected chi connectivity index (χ3v) is 1.60. The van der Waals surface area contributed by atoms with Gasteiger partial charge in [0.25, 0.3) is 0 Å². The number of nitrogens with zero attached hydrogens (tertiary/aromatic N) is 2. The van der Waals surface area contributed by atoms with E-state index in [0.29, 0.717) is 5.11 Å². The summed E-state index contributed by atoms with van der Waals surface area (Å²) in [6.07, 6.45) is 1.70. The Morgan fingerprint density at radius 1 is 1.64 bits per heavy atom. The highest BCUT2D eigenvalue weighted by Crippen LogP contribution is 2.05. The number of nitrogens with two attached hydrogens (primary N) is 1. The fraction of sp³-hybridized carbons (Fsp3) is 0.143. The lowest BCUT2D eigenvalue weighted by atomic mass is 10.4. The van der Waals surface area contributed by atoms with Crippen LogP contribution in [-0.4, -0.2) is 17.1 Å². The molecule has 0 saturated carbocycles. The summed E-state index contributed by atoms with van der Waals surface area (Å²) in [7, 11) is 1.78. The molecule has 2 N–H and O–H groups in total. The molecule has 0 aromatic carbocycles. The Balaban J connectivity index is 2.85. The highest BCUT2D eigenvalue weighted by atomic mass is 32.1. The first-order chi connectivity index (χ1) is 5.22. The summed E-state index contributed by atoms with van der Waals surface area (Å²) >= 11 is 4.76. The van der Waals surface area contributed by atoms with E-state index >= 15 is 0 Å². The first-order valence-corrected chi connectivity index (χ1v) is 3.57. The van der Waals surface area contributed by atoms with Gasteiger partial charge in [0.05, 0.1) is 0 Å². The lowest BCUT2D eigenvalue weighted by molar-refractivity contribution is 1.16. The average molecular weight is 167 g/mol. The molecule has 1 rings (SSSR count). The summed E-state index contributed by atoms with van der Waals surface area (Å²) in [5, 5.41) is 0.323. The largest absolute Gasteiger partial charge is 0.376 e. The number of hydrogen-bond acceptors (Lipinski definition) is 2. The van der Waals surface area contributed by atoms with E-state index in [4.69, 9.17) is 18.0 Å². The van der Waals surface area contributed by atoms with Gasteiger partial charge in [0, 0.05) is 13.2 Å². The number of aromatic nitrogens is 1. The van der Waals surface area contributed by atoms with Gasteiger partial charge in [0.1, 0.15) is 5.82 Å². The van der Waals surface area contributed by atoms with E-state index in [1.165, 1.54) is 0 Å². The summed E-state index contributed by atoms with van der Waals surface area (Å²) in [5.74, 6) is 0.764. The van der Waals surface area contributed by atoms with Crippen molar-refractivity contribution in [2.45, 2.75) is 0 Å². The van der Waals surface area contributed by atoms with Crippen LogP contribution < -0.4 is 10.6 Å². The molecule has 0 radical (unpaired) electrons. The van der Waals surface area contributed by atoms with Gasteiger partial charge in [-0.25, -0.2) is 4.98 Å². The summed E-state index contributed by atoms with van der Waals surface area (Å²) in [6, 6.07) is 5.58. The Bertz CT molecular complexity index is 247. The zero-order valence-electron chi connectivity index (χ0n) is 6.19. The van der Waals surface area contributed by atoms with Gasteiger partial charge in [-0.05, 0) is 24.4 Å². The molecule has 0 atom stereocenters. The van der Waals surface area contributed by atoms with E-state index in [1.807, 2.05) is 18.2 Å². The van der Waals surface area contributed by atoms with Gasteiger partial charge >= 0.3 is 0 Å². The zero-order valence-corrected chi connectivity index (χ0v) is 7.01. The molecule has 0 aliphatic heterocycles. The van der Waals surface area contributed by atoms with Crippen molar-refractivity contribution in [2.75, 3.05) is 11.9 Å². The van der Waals surface area contributed by atoms with Crippen LogP contribution in [0.2, 0.25) is 0 Å². The Morgan fingerprint density at radius 3 is 2.82 bits per heavy atom. The number of rotatable bonds is 1. The van der Waals surface area contributed by atoms with Gasteiger partial charge in [0.15, 0.2) is 5.11 Å². The molecule has 0 fully saturated rings. The molecule has 1 aromatic heterocycles. The Morgan fingerprint density at radius 2 is 2.36 bits per heavy atom. The van der Waals surface area contributed by atoms with Gasteiger partial charge < -0.3 is 10.6 Å². The molecule has 11 heavy (non-hydrogen) atoms. The third-order valence-electron chi connectivity index (χ3n) is 1.32. The molecular weight excluding hydrogens is 158 g/mol. The maximum absolute atomic E-state index is 5.39. The summed E-state index contributed by atoms with van der Waals surface area (Å²) in [4.78, 5) is 5.71. The van der Waals surface area contributed by atoms with Crippen LogP contribution in [0.1, 0.15) is 0 Å². The van der Waals surface area contributed by atoms with Crippen LogP contribution >= 0.6 is 12.2 Å². The normalized spacial score (nSPS) is 9.18. The Labute approximate surface area is 70.8 Å². The quantitative estimate of drug-likeness (QED) is 0.627. The van der Waals surface area contributed by atoms with Crippen LogP contribution in [0, 0.1) is 0 Å². The second-order valence-corrected chi connectivity index (χ2v) is 2.50. The van der Waals surface area contributed by atoms with Crippen molar-refractivity contribution in [2.24, 2.45) is 5.73 Å². The molecule has 58 valence electrons. The van der Waals surface area contributed by atoms with Crippen molar-refractivity contribution in [3.8, 4) is 0 Å². The van der Waals surface area contributed by atoms with Crippen LogP contribution in [0.4, 0.5) is 5.82 Å². The molecular formula is C7H9N3S. The van der Waals surface area contributed by atoms with E-state index in [0.717, 1.165) is 5.82 Å². The lowest BCUT2D eigenvalue weighted by Gasteiger charge is -2.14. The predicted molar refractivity (Wildman–Crippen MR) is 49.4 cm³/mol. The van der Waals surface area contributed by atoms with Crippen LogP contribution in [0.3, 0.4) is 0 Å². The van der Waals surface area contributed by atoms with Gasteiger partial charge in [-0.15, -0.1) is 0 Å². The standard InChI is InChI=1S/C7H9N3S/c1-10(7(8)11)6-4-2-3-5-9-6/h2-5H,1H3,(H2,8,11). The predicted octanol–water partition coefficient (Wildman–Crippen LogP) is 0.761. The first-order valence-electron chi connectivity index (χ1n) is 3.16. The molecule has 0 amide bonds. The molecule has 1 aromatic rings. The number of thiocarbonyl (C=S) groups is 1. The first kappa shape index (κ1) is 7.94. The van der Waals surface area contributed by atoms with E-state index in [9.17, 15) is 0 Å².